The lowest BCUT2D eigenvalue weighted by molar-refractivity contribution is 0.0762. The van der Waals surface area contributed by atoms with Gasteiger partial charge >= 0.3 is 0 Å². The second-order valence-corrected chi connectivity index (χ2v) is 4.37. The molecule has 4 nitrogen and oxygen atoms in total. The van der Waals surface area contributed by atoms with Crippen molar-refractivity contribution in [3.05, 3.63) is 30.1 Å². The summed E-state index contributed by atoms with van der Waals surface area (Å²) in [5.41, 5.74) is 2.53. The van der Waals surface area contributed by atoms with Crippen LogP contribution in [0, 0.1) is 0 Å². The highest BCUT2D eigenvalue weighted by molar-refractivity contribution is 5.97. The molecule has 0 unspecified atom stereocenters. The summed E-state index contributed by atoms with van der Waals surface area (Å²) in [4.78, 5) is 21.4. The number of benzene rings is 1. The second-order valence-electron chi connectivity index (χ2n) is 4.37. The molecule has 18 heavy (non-hydrogen) atoms. The molecule has 0 atom stereocenters. The molecule has 1 heterocycles. The Morgan fingerprint density at radius 3 is 2.94 bits per heavy atom. The predicted octanol–water partition coefficient (Wildman–Crippen LogP) is 2.83. The molecular weight excluding hydrogens is 226 g/mol. The van der Waals surface area contributed by atoms with E-state index in [1.807, 2.05) is 30.0 Å². The number of rotatable bonds is 5. The van der Waals surface area contributed by atoms with Crippen molar-refractivity contribution in [1.82, 2.24) is 14.9 Å². The minimum Gasteiger partial charge on any atom is -0.345 e. The Hall–Kier alpha value is -1.84. The molecule has 0 aliphatic heterocycles. The van der Waals surface area contributed by atoms with Gasteiger partial charge in [0, 0.05) is 18.7 Å². The van der Waals surface area contributed by atoms with Crippen LogP contribution in [0.5, 0.6) is 0 Å². The first-order chi connectivity index (χ1) is 8.76. The molecule has 1 amide bonds. The summed E-state index contributed by atoms with van der Waals surface area (Å²) >= 11 is 0. The van der Waals surface area contributed by atoms with E-state index >= 15 is 0 Å². The van der Waals surface area contributed by atoms with Crippen LogP contribution in [0.4, 0.5) is 0 Å². The van der Waals surface area contributed by atoms with Crippen LogP contribution in [-0.2, 0) is 0 Å². The number of hydrogen-bond donors (Lipinski definition) is 1. The first-order valence-corrected chi connectivity index (χ1v) is 6.48. The van der Waals surface area contributed by atoms with Crippen molar-refractivity contribution in [2.75, 3.05) is 13.1 Å². The maximum absolute atomic E-state index is 12.3. The third-order valence-corrected chi connectivity index (χ3v) is 3.12. The molecule has 1 aromatic heterocycles. The molecule has 0 saturated carbocycles. The van der Waals surface area contributed by atoms with E-state index in [1.54, 1.807) is 6.33 Å². The summed E-state index contributed by atoms with van der Waals surface area (Å²) in [5.74, 6) is 0.0995. The molecule has 96 valence electrons. The lowest BCUT2D eigenvalue weighted by atomic mass is 10.1. The molecule has 2 rings (SSSR count). The fraction of sp³-hybridized carbons (Fsp3) is 0.429. The maximum atomic E-state index is 12.3. The molecule has 1 N–H and O–H groups in total. The van der Waals surface area contributed by atoms with Crippen LogP contribution in [0.1, 0.15) is 37.0 Å². The van der Waals surface area contributed by atoms with Crippen molar-refractivity contribution < 1.29 is 4.79 Å². The minimum atomic E-state index is 0.0995. The van der Waals surface area contributed by atoms with Crippen molar-refractivity contribution in [2.45, 2.75) is 26.7 Å². The van der Waals surface area contributed by atoms with Crippen LogP contribution in [0.2, 0.25) is 0 Å². The summed E-state index contributed by atoms with van der Waals surface area (Å²) in [5, 5.41) is 0. The highest BCUT2D eigenvalue weighted by Crippen LogP contribution is 2.13. The van der Waals surface area contributed by atoms with E-state index in [0.29, 0.717) is 0 Å². The maximum Gasteiger partial charge on any atom is 0.253 e. The van der Waals surface area contributed by atoms with Crippen LogP contribution >= 0.6 is 0 Å². The Labute approximate surface area is 107 Å². The standard InChI is InChI=1S/C14H19N3O/c1-3-5-8-17(4-2)14(18)11-6-7-12-13(9-11)16-10-15-12/h6-7,9-10H,3-5,8H2,1-2H3,(H,15,16). The number of imidazole rings is 1. The predicted molar refractivity (Wildman–Crippen MR) is 72.6 cm³/mol. The first-order valence-electron chi connectivity index (χ1n) is 6.48. The fourth-order valence-corrected chi connectivity index (χ4v) is 2.00. The van der Waals surface area contributed by atoms with Gasteiger partial charge in [0.05, 0.1) is 17.4 Å². The Kier molecular flexibility index (Phi) is 3.97. The fourth-order valence-electron chi connectivity index (χ4n) is 2.00. The number of carbonyl (C=O) groups excluding carboxylic acids is 1. The third kappa shape index (κ3) is 2.53. The van der Waals surface area contributed by atoms with Gasteiger partial charge in [-0.05, 0) is 31.5 Å². The Balaban J connectivity index is 2.20. The van der Waals surface area contributed by atoms with E-state index in [0.717, 1.165) is 42.5 Å². The average Bonchev–Trinajstić information content (AvgIpc) is 2.86. The molecule has 2 aromatic rings. The highest BCUT2D eigenvalue weighted by Gasteiger charge is 2.14. The number of nitrogens with zero attached hydrogens (tertiary/aromatic N) is 2. The number of unbranched alkanes of at least 4 members (excludes halogenated alkanes) is 1. The van der Waals surface area contributed by atoms with Gasteiger partial charge < -0.3 is 9.88 Å². The van der Waals surface area contributed by atoms with Gasteiger partial charge in [-0.1, -0.05) is 13.3 Å². The molecule has 4 heteroatoms. The van der Waals surface area contributed by atoms with Crippen LogP contribution in [0.3, 0.4) is 0 Å². The van der Waals surface area contributed by atoms with Crippen LogP contribution < -0.4 is 0 Å². The summed E-state index contributed by atoms with van der Waals surface area (Å²) in [6.45, 7) is 5.73. The molecule has 0 saturated heterocycles. The lowest BCUT2D eigenvalue weighted by Gasteiger charge is -2.20. The summed E-state index contributed by atoms with van der Waals surface area (Å²) in [7, 11) is 0. The molecule has 0 aliphatic carbocycles. The van der Waals surface area contributed by atoms with Crippen molar-refractivity contribution in [3.8, 4) is 0 Å². The molecule has 0 spiro atoms. The van der Waals surface area contributed by atoms with Gasteiger partial charge in [-0.3, -0.25) is 4.79 Å². The average molecular weight is 245 g/mol. The highest BCUT2D eigenvalue weighted by atomic mass is 16.2. The van der Waals surface area contributed by atoms with Crippen molar-refractivity contribution in [3.63, 3.8) is 0 Å². The molecule has 0 fully saturated rings. The molecule has 0 aliphatic rings. The molecular formula is C14H19N3O. The molecule has 0 bridgehead atoms. The normalized spacial score (nSPS) is 10.8. The number of carbonyl (C=O) groups is 1. The van der Waals surface area contributed by atoms with Crippen molar-refractivity contribution >= 4 is 16.9 Å². The van der Waals surface area contributed by atoms with Gasteiger partial charge in [0.2, 0.25) is 0 Å². The van der Waals surface area contributed by atoms with Gasteiger partial charge in [0.25, 0.3) is 5.91 Å². The van der Waals surface area contributed by atoms with Gasteiger partial charge in [0.1, 0.15) is 0 Å². The van der Waals surface area contributed by atoms with Gasteiger partial charge in [-0.15, -0.1) is 0 Å². The van der Waals surface area contributed by atoms with E-state index in [1.165, 1.54) is 0 Å². The summed E-state index contributed by atoms with van der Waals surface area (Å²) < 4.78 is 0. The second kappa shape index (κ2) is 5.67. The van der Waals surface area contributed by atoms with Gasteiger partial charge in [-0.2, -0.15) is 0 Å². The third-order valence-electron chi connectivity index (χ3n) is 3.12. The van der Waals surface area contributed by atoms with E-state index in [9.17, 15) is 4.79 Å². The van der Waals surface area contributed by atoms with E-state index in [4.69, 9.17) is 0 Å². The van der Waals surface area contributed by atoms with Crippen LogP contribution in [0.15, 0.2) is 24.5 Å². The Morgan fingerprint density at radius 2 is 2.22 bits per heavy atom. The first kappa shape index (κ1) is 12.6. The summed E-state index contributed by atoms with van der Waals surface area (Å²) in [6, 6.07) is 5.60. The van der Waals surface area contributed by atoms with E-state index in [2.05, 4.69) is 16.9 Å². The zero-order valence-corrected chi connectivity index (χ0v) is 10.9. The molecule has 0 radical (unpaired) electrons. The summed E-state index contributed by atoms with van der Waals surface area (Å²) in [6.07, 6.45) is 3.79. The lowest BCUT2D eigenvalue weighted by Crippen LogP contribution is -2.31. The van der Waals surface area contributed by atoms with E-state index in [-0.39, 0.29) is 5.91 Å². The topological polar surface area (TPSA) is 49.0 Å². The number of amides is 1. The van der Waals surface area contributed by atoms with Crippen LogP contribution in [0.25, 0.3) is 11.0 Å². The van der Waals surface area contributed by atoms with E-state index < -0.39 is 0 Å². The van der Waals surface area contributed by atoms with Crippen molar-refractivity contribution in [1.29, 1.82) is 0 Å². The zero-order chi connectivity index (χ0) is 13.0. The monoisotopic (exact) mass is 245 g/mol. The minimum absolute atomic E-state index is 0.0995. The Morgan fingerprint density at radius 1 is 1.39 bits per heavy atom. The number of nitrogens with one attached hydrogen (secondary N) is 1. The zero-order valence-electron chi connectivity index (χ0n) is 10.9. The van der Waals surface area contributed by atoms with Gasteiger partial charge in [0.15, 0.2) is 0 Å². The quantitative estimate of drug-likeness (QED) is 0.880. The number of aromatic amines is 1. The number of hydrogen-bond acceptors (Lipinski definition) is 2. The van der Waals surface area contributed by atoms with Crippen molar-refractivity contribution in [2.24, 2.45) is 0 Å². The van der Waals surface area contributed by atoms with Gasteiger partial charge in [-0.25, -0.2) is 4.98 Å². The number of fused-ring (bicyclic) bond motifs is 1. The number of H-pyrrole nitrogens is 1. The number of aromatic nitrogens is 2. The smallest absolute Gasteiger partial charge is 0.253 e. The van der Waals surface area contributed by atoms with Crippen LogP contribution in [-0.4, -0.2) is 33.9 Å². The SMILES string of the molecule is CCCCN(CC)C(=O)c1ccc2nc[nH]c2c1. The Bertz CT molecular complexity index is 533. The molecule has 1 aromatic carbocycles. The largest absolute Gasteiger partial charge is 0.345 e.